The smallest absolute Gasteiger partial charge is 0.0948 e. The maximum Gasteiger partial charge on any atom is 0.0948 e. The van der Waals surface area contributed by atoms with Gasteiger partial charge in [-0.3, -0.25) is 0 Å². The molecule has 2 N–H and O–H groups in total. The Balaban J connectivity index is 2.73. The number of nitrogens with two attached hydrogens (primary N) is 1. The van der Waals surface area contributed by atoms with Crippen LogP contribution in [-0.4, -0.2) is 15.1 Å². The molecule has 3 heteroatoms. The minimum Gasteiger partial charge on any atom is -0.333 e. The number of nitrogens with zero attached hydrogens (tertiary/aromatic N) is 2. The molecular weight excluding hydrogens is 162 g/mol. The van der Waals surface area contributed by atoms with Gasteiger partial charge in [0.2, 0.25) is 0 Å². The molecule has 74 valence electrons. The first-order valence-electron chi connectivity index (χ1n) is 4.87. The molecule has 0 spiro atoms. The SMILES string of the molecule is CCC(N)(CC)Cn1cncc1C. The fraction of sp³-hybridized carbons (Fsp3) is 0.700. The molecule has 0 radical (unpaired) electrons. The fourth-order valence-corrected chi connectivity index (χ4v) is 1.37. The molecule has 0 aliphatic rings. The lowest BCUT2D eigenvalue weighted by Crippen LogP contribution is -2.42. The predicted molar refractivity (Wildman–Crippen MR) is 54.5 cm³/mol. The minimum atomic E-state index is -0.0779. The Kier molecular flexibility index (Phi) is 3.09. The van der Waals surface area contributed by atoms with E-state index in [1.807, 2.05) is 12.5 Å². The first-order valence-corrected chi connectivity index (χ1v) is 4.87. The number of imidazole rings is 1. The van der Waals surface area contributed by atoms with E-state index in [9.17, 15) is 0 Å². The van der Waals surface area contributed by atoms with Crippen molar-refractivity contribution in [3.63, 3.8) is 0 Å². The highest BCUT2D eigenvalue weighted by atomic mass is 15.1. The molecule has 0 amide bonds. The standard InChI is InChI=1S/C10H19N3/c1-4-10(11,5-2)7-13-8-12-6-9(13)3/h6,8H,4-5,7,11H2,1-3H3. The van der Waals surface area contributed by atoms with E-state index < -0.39 is 0 Å². The van der Waals surface area contributed by atoms with Gasteiger partial charge in [0.1, 0.15) is 0 Å². The zero-order valence-corrected chi connectivity index (χ0v) is 8.75. The second-order valence-corrected chi connectivity index (χ2v) is 3.73. The van der Waals surface area contributed by atoms with E-state index in [0.717, 1.165) is 19.4 Å². The molecule has 13 heavy (non-hydrogen) atoms. The van der Waals surface area contributed by atoms with Crippen molar-refractivity contribution in [3.05, 3.63) is 18.2 Å². The van der Waals surface area contributed by atoms with E-state index in [0.29, 0.717) is 0 Å². The van der Waals surface area contributed by atoms with Crippen molar-refractivity contribution in [1.29, 1.82) is 0 Å². The second kappa shape index (κ2) is 3.92. The van der Waals surface area contributed by atoms with Gasteiger partial charge in [-0.1, -0.05) is 13.8 Å². The molecular formula is C10H19N3. The topological polar surface area (TPSA) is 43.8 Å². The number of aryl methyl sites for hydroxylation is 1. The second-order valence-electron chi connectivity index (χ2n) is 3.73. The summed E-state index contributed by atoms with van der Waals surface area (Å²) in [5.74, 6) is 0. The Labute approximate surface area is 80.0 Å². The molecule has 1 heterocycles. The van der Waals surface area contributed by atoms with Crippen LogP contribution in [-0.2, 0) is 6.54 Å². The zero-order chi connectivity index (χ0) is 9.90. The zero-order valence-electron chi connectivity index (χ0n) is 8.75. The van der Waals surface area contributed by atoms with Crippen molar-refractivity contribution in [2.75, 3.05) is 0 Å². The van der Waals surface area contributed by atoms with Crippen LogP contribution in [0, 0.1) is 6.92 Å². The van der Waals surface area contributed by atoms with Gasteiger partial charge in [0.15, 0.2) is 0 Å². The van der Waals surface area contributed by atoms with E-state index in [4.69, 9.17) is 5.73 Å². The molecule has 0 saturated heterocycles. The van der Waals surface area contributed by atoms with Crippen molar-refractivity contribution in [3.8, 4) is 0 Å². The van der Waals surface area contributed by atoms with Crippen molar-refractivity contribution >= 4 is 0 Å². The van der Waals surface area contributed by atoms with Gasteiger partial charge < -0.3 is 10.3 Å². The Morgan fingerprint density at radius 1 is 1.46 bits per heavy atom. The Morgan fingerprint density at radius 3 is 2.46 bits per heavy atom. The fourth-order valence-electron chi connectivity index (χ4n) is 1.37. The lowest BCUT2D eigenvalue weighted by Gasteiger charge is -2.27. The van der Waals surface area contributed by atoms with Gasteiger partial charge in [-0.2, -0.15) is 0 Å². The Hall–Kier alpha value is -0.830. The van der Waals surface area contributed by atoms with Gasteiger partial charge in [0.05, 0.1) is 6.33 Å². The molecule has 0 unspecified atom stereocenters. The summed E-state index contributed by atoms with van der Waals surface area (Å²) in [6, 6.07) is 0. The van der Waals surface area contributed by atoms with Crippen LogP contribution < -0.4 is 5.73 Å². The highest BCUT2D eigenvalue weighted by Gasteiger charge is 2.20. The predicted octanol–water partition coefficient (Wildman–Crippen LogP) is 1.71. The quantitative estimate of drug-likeness (QED) is 0.768. The third-order valence-electron chi connectivity index (χ3n) is 2.81. The molecule has 3 nitrogen and oxygen atoms in total. The Morgan fingerprint density at radius 2 is 2.08 bits per heavy atom. The summed E-state index contributed by atoms with van der Waals surface area (Å²) in [6.07, 6.45) is 5.72. The summed E-state index contributed by atoms with van der Waals surface area (Å²) in [5.41, 5.74) is 7.31. The molecule has 1 rings (SSSR count). The normalized spacial score (nSPS) is 12.0. The third-order valence-corrected chi connectivity index (χ3v) is 2.81. The van der Waals surface area contributed by atoms with Gasteiger partial charge in [-0.15, -0.1) is 0 Å². The largest absolute Gasteiger partial charge is 0.333 e. The van der Waals surface area contributed by atoms with Crippen LogP contribution in [0.4, 0.5) is 0 Å². The van der Waals surface area contributed by atoms with Crippen LogP contribution in [0.25, 0.3) is 0 Å². The summed E-state index contributed by atoms with van der Waals surface area (Å²) in [4.78, 5) is 4.08. The van der Waals surface area contributed by atoms with Gasteiger partial charge >= 0.3 is 0 Å². The maximum absolute atomic E-state index is 6.21. The van der Waals surface area contributed by atoms with Crippen LogP contribution in [0.1, 0.15) is 32.4 Å². The Bertz CT molecular complexity index is 261. The van der Waals surface area contributed by atoms with Crippen LogP contribution in [0.3, 0.4) is 0 Å². The van der Waals surface area contributed by atoms with Gasteiger partial charge in [-0.25, -0.2) is 4.98 Å². The van der Waals surface area contributed by atoms with Crippen LogP contribution in [0.15, 0.2) is 12.5 Å². The van der Waals surface area contributed by atoms with Crippen molar-refractivity contribution in [2.45, 2.75) is 45.7 Å². The van der Waals surface area contributed by atoms with E-state index >= 15 is 0 Å². The lowest BCUT2D eigenvalue weighted by molar-refractivity contribution is 0.336. The summed E-state index contributed by atoms with van der Waals surface area (Å²) in [5, 5.41) is 0. The highest BCUT2D eigenvalue weighted by molar-refractivity contribution is 4.97. The highest BCUT2D eigenvalue weighted by Crippen LogP contribution is 2.14. The van der Waals surface area contributed by atoms with Crippen LogP contribution in [0.5, 0.6) is 0 Å². The first-order chi connectivity index (χ1) is 6.11. The van der Waals surface area contributed by atoms with Gasteiger partial charge in [-0.05, 0) is 19.8 Å². The molecule has 0 aliphatic carbocycles. The summed E-state index contributed by atoms with van der Waals surface area (Å²) in [7, 11) is 0. The lowest BCUT2D eigenvalue weighted by atomic mass is 9.94. The maximum atomic E-state index is 6.21. The molecule has 0 saturated carbocycles. The van der Waals surface area contributed by atoms with Crippen molar-refractivity contribution < 1.29 is 0 Å². The van der Waals surface area contributed by atoms with Gasteiger partial charge in [0, 0.05) is 24.0 Å². The molecule has 0 fully saturated rings. The van der Waals surface area contributed by atoms with Gasteiger partial charge in [0.25, 0.3) is 0 Å². The molecule has 0 atom stereocenters. The van der Waals surface area contributed by atoms with Crippen molar-refractivity contribution in [1.82, 2.24) is 9.55 Å². The van der Waals surface area contributed by atoms with E-state index in [-0.39, 0.29) is 5.54 Å². The molecule has 1 aromatic heterocycles. The average Bonchev–Trinajstić information content (AvgIpc) is 2.52. The summed E-state index contributed by atoms with van der Waals surface area (Å²) in [6.45, 7) is 7.19. The van der Waals surface area contributed by atoms with Crippen molar-refractivity contribution in [2.24, 2.45) is 5.73 Å². The molecule has 0 bridgehead atoms. The molecule has 0 aromatic carbocycles. The number of hydrogen-bond acceptors (Lipinski definition) is 2. The average molecular weight is 181 g/mol. The number of hydrogen-bond donors (Lipinski definition) is 1. The van der Waals surface area contributed by atoms with E-state index in [2.05, 4.69) is 30.3 Å². The van der Waals surface area contributed by atoms with E-state index in [1.165, 1.54) is 5.69 Å². The molecule has 0 aliphatic heterocycles. The van der Waals surface area contributed by atoms with Crippen LogP contribution >= 0.6 is 0 Å². The van der Waals surface area contributed by atoms with Crippen LogP contribution in [0.2, 0.25) is 0 Å². The monoisotopic (exact) mass is 181 g/mol. The summed E-state index contributed by atoms with van der Waals surface area (Å²) < 4.78 is 2.12. The number of aromatic nitrogens is 2. The van der Waals surface area contributed by atoms with E-state index in [1.54, 1.807) is 0 Å². The third kappa shape index (κ3) is 2.31. The first kappa shape index (κ1) is 10.3. The molecule has 1 aromatic rings. The summed E-state index contributed by atoms with van der Waals surface area (Å²) >= 11 is 0. The number of rotatable bonds is 4. The minimum absolute atomic E-state index is 0.0779.